The van der Waals surface area contributed by atoms with E-state index >= 15 is 0 Å². The normalized spacial score (nSPS) is 15.8. The van der Waals surface area contributed by atoms with Crippen molar-refractivity contribution in [2.45, 2.75) is 24.7 Å². The molecule has 2 aliphatic rings. The van der Waals surface area contributed by atoms with E-state index < -0.39 is 10.0 Å². The number of hydrogen-bond donors (Lipinski definition) is 3. The average molecular weight is 536 g/mol. The topological polar surface area (TPSA) is 142 Å². The van der Waals surface area contributed by atoms with Crippen LogP contribution >= 0.6 is 0 Å². The number of carbonyl (C=O) groups is 1. The number of rotatable bonds is 8. The molecule has 0 atom stereocenters. The fraction of sp³-hybridized carbons (Fsp3) is 0.357. The van der Waals surface area contributed by atoms with Gasteiger partial charge in [0.15, 0.2) is 0 Å². The summed E-state index contributed by atoms with van der Waals surface area (Å²) < 4.78 is 27.4. The van der Waals surface area contributed by atoms with Crippen molar-refractivity contribution >= 4 is 33.5 Å². The SMILES string of the molecule is CCCN(CC#CCN)C(=O)C1=Cc2ccc(-c3cccc(S(=O)(=O)N4CC(CO)C4)c3)cc2N=C(N)C1. The number of amidine groups is 1. The molecule has 2 heterocycles. The second-order valence-corrected chi connectivity index (χ2v) is 11.3. The highest BCUT2D eigenvalue weighted by Crippen LogP contribution is 2.33. The number of carbonyl (C=O) groups excluding carboxylic acids is 1. The van der Waals surface area contributed by atoms with Gasteiger partial charge in [-0.3, -0.25) is 4.79 Å². The van der Waals surface area contributed by atoms with Crippen molar-refractivity contribution in [3.63, 3.8) is 0 Å². The summed E-state index contributed by atoms with van der Waals surface area (Å²) in [6, 6.07) is 12.4. The summed E-state index contributed by atoms with van der Waals surface area (Å²) in [4.78, 5) is 19.8. The Kier molecular flexibility index (Phi) is 8.64. The number of nitrogens with zero attached hydrogens (tertiary/aromatic N) is 3. The average Bonchev–Trinajstić information content (AvgIpc) is 3.04. The van der Waals surface area contributed by atoms with Crippen LogP contribution in [0.4, 0.5) is 5.69 Å². The Morgan fingerprint density at radius 3 is 2.66 bits per heavy atom. The van der Waals surface area contributed by atoms with E-state index in [1.165, 1.54) is 4.31 Å². The molecule has 2 aromatic rings. The molecule has 2 aromatic carbocycles. The maximum Gasteiger partial charge on any atom is 0.251 e. The van der Waals surface area contributed by atoms with Crippen LogP contribution in [0.2, 0.25) is 0 Å². The van der Waals surface area contributed by atoms with Gasteiger partial charge < -0.3 is 21.5 Å². The second-order valence-electron chi connectivity index (χ2n) is 9.41. The molecule has 0 aromatic heterocycles. The van der Waals surface area contributed by atoms with Crippen LogP contribution < -0.4 is 11.5 Å². The van der Waals surface area contributed by atoms with E-state index in [2.05, 4.69) is 16.8 Å². The van der Waals surface area contributed by atoms with Crippen LogP contribution in [-0.4, -0.2) is 73.8 Å². The Balaban J connectivity index is 1.62. The van der Waals surface area contributed by atoms with Crippen LogP contribution in [0.5, 0.6) is 0 Å². The number of nitrogens with two attached hydrogens (primary N) is 2. The first-order valence-corrected chi connectivity index (χ1v) is 14.0. The first-order valence-electron chi connectivity index (χ1n) is 12.6. The van der Waals surface area contributed by atoms with E-state index in [1.54, 1.807) is 23.1 Å². The van der Waals surface area contributed by atoms with Crippen molar-refractivity contribution in [1.29, 1.82) is 0 Å². The van der Waals surface area contributed by atoms with Gasteiger partial charge in [0.1, 0.15) is 5.84 Å². The van der Waals surface area contributed by atoms with Gasteiger partial charge in [-0.2, -0.15) is 4.31 Å². The highest BCUT2D eigenvalue weighted by molar-refractivity contribution is 7.89. The van der Waals surface area contributed by atoms with Crippen molar-refractivity contribution in [2.24, 2.45) is 22.4 Å². The molecule has 0 saturated carbocycles. The molecule has 4 rings (SSSR count). The monoisotopic (exact) mass is 535 g/mol. The molecule has 0 aliphatic carbocycles. The van der Waals surface area contributed by atoms with Crippen molar-refractivity contribution in [2.75, 3.05) is 39.3 Å². The largest absolute Gasteiger partial charge is 0.396 e. The summed E-state index contributed by atoms with van der Waals surface area (Å²) in [5.41, 5.74) is 15.1. The third kappa shape index (κ3) is 5.97. The molecule has 38 heavy (non-hydrogen) atoms. The minimum absolute atomic E-state index is 0.0152. The zero-order valence-corrected chi connectivity index (χ0v) is 22.2. The number of aliphatic hydroxyl groups is 1. The summed E-state index contributed by atoms with van der Waals surface area (Å²) in [5.74, 6) is 5.89. The second kappa shape index (κ2) is 11.9. The Labute approximate surface area is 223 Å². The molecule has 2 aliphatic heterocycles. The minimum Gasteiger partial charge on any atom is -0.396 e. The van der Waals surface area contributed by atoms with E-state index in [-0.39, 0.29) is 36.3 Å². The number of aliphatic imine (C=N–C) groups is 1. The van der Waals surface area contributed by atoms with Gasteiger partial charge in [-0.25, -0.2) is 13.4 Å². The Bertz CT molecular complexity index is 1430. The maximum absolute atomic E-state index is 13.3. The number of hydrogen-bond acceptors (Lipinski definition) is 7. The molecule has 0 spiro atoms. The van der Waals surface area contributed by atoms with E-state index in [0.717, 1.165) is 23.1 Å². The van der Waals surface area contributed by atoms with Gasteiger partial charge in [-0.1, -0.05) is 43.0 Å². The Morgan fingerprint density at radius 1 is 1.18 bits per heavy atom. The molecule has 200 valence electrons. The smallest absolute Gasteiger partial charge is 0.251 e. The van der Waals surface area contributed by atoms with Gasteiger partial charge in [0.05, 0.1) is 23.7 Å². The lowest BCUT2D eigenvalue weighted by Crippen LogP contribution is -2.51. The molecule has 1 saturated heterocycles. The Hall–Kier alpha value is -3.49. The highest BCUT2D eigenvalue weighted by atomic mass is 32.2. The highest BCUT2D eigenvalue weighted by Gasteiger charge is 2.36. The number of sulfonamides is 1. The number of amides is 1. The summed E-state index contributed by atoms with van der Waals surface area (Å²) in [6.45, 7) is 3.71. The minimum atomic E-state index is -3.64. The van der Waals surface area contributed by atoms with Crippen LogP contribution in [0.3, 0.4) is 0 Å². The molecule has 10 heteroatoms. The third-order valence-corrected chi connectivity index (χ3v) is 8.36. The molecule has 0 unspecified atom stereocenters. The summed E-state index contributed by atoms with van der Waals surface area (Å²) >= 11 is 0. The van der Waals surface area contributed by atoms with Crippen molar-refractivity contribution < 1.29 is 18.3 Å². The van der Waals surface area contributed by atoms with Gasteiger partial charge in [0.2, 0.25) is 10.0 Å². The summed E-state index contributed by atoms with van der Waals surface area (Å²) in [7, 11) is -3.64. The van der Waals surface area contributed by atoms with E-state index in [9.17, 15) is 18.3 Å². The summed E-state index contributed by atoms with van der Waals surface area (Å²) in [5, 5.41) is 9.23. The first-order chi connectivity index (χ1) is 18.3. The lowest BCUT2D eigenvalue weighted by Gasteiger charge is -2.36. The predicted molar refractivity (Wildman–Crippen MR) is 149 cm³/mol. The van der Waals surface area contributed by atoms with Crippen LogP contribution in [0.1, 0.15) is 25.3 Å². The van der Waals surface area contributed by atoms with Crippen LogP contribution in [-0.2, 0) is 14.8 Å². The van der Waals surface area contributed by atoms with Crippen LogP contribution in [0.25, 0.3) is 17.2 Å². The van der Waals surface area contributed by atoms with E-state index in [1.807, 2.05) is 37.3 Å². The fourth-order valence-electron chi connectivity index (χ4n) is 4.48. The van der Waals surface area contributed by atoms with Crippen molar-refractivity contribution in [3.8, 4) is 23.0 Å². The first kappa shape index (κ1) is 27.5. The van der Waals surface area contributed by atoms with Gasteiger partial charge in [-0.15, -0.1) is 0 Å². The number of benzene rings is 2. The van der Waals surface area contributed by atoms with Crippen LogP contribution in [0, 0.1) is 17.8 Å². The predicted octanol–water partition coefficient (Wildman–Crippen LogP) is 1.94. The van der Waals surface area contributed by atoms with E-state index in [0.29, 0.717) is 43.3 Å². The maximum atomic E-state index is 13.3. The molecule has 0 radical (unpaired) electrons. The number of aliphatic hydroxyl groups excluding tert-OH is 1. The van der Waals surface area contributed by atoms with Gasteiger partial charge in [-0.05, 0) is 41.8 Å². The third-order valence-electron chi connectivity index (χ3n) is 6.54. The molecular formula is C28H33N5O4S. The standard InChI is InChI=1S/C28H33N5O4S/c1-2-11-32(12-4-3-10-29)28(35)24-13-23-9-8-22(15-26(23)31-27(30)16-24)21-6-5-7-25(14-21)38(36,37)33-17-20(18-33)19-34/h5-9,13-15,20,34H,2,10-12,16-19,29H2,1H3,(H2,30,31). The summed E-state index contributed by atoms with van der Waals surface area (Å²) in [6.07, 6.45) is 2.82. The molecule has 1 amide bonds. The molecular weight excluding hydrogens is 502 g/mol. The Morgan fingerprint density at radius 2 is 1.95 bits per heavy atom. The van der Waals surface area contributed by atoms with Crippen molar-refractivity contribution in [1.82, 2.24) is 9.21 Å². The molecule has 5 N–H and O–H groups in total. The lowest BCUT2D eigenvalue weighted by atomic mass is 10.0. The molecule has 1 fully saturated rings. The quantitative estimate of drug-likeness (QED) is 0.441. The molecule has 9 nitrogen and oxygen atoms in total. The number of fused-ring (bicyclic) bond motifs is 1. The van der Waals surface area contributed by atoms with Crippen LogP contribution in [0.15, 0.2) is 57.9 Å². The van der Waals surface area contributed by atoms with Crippen molar-refractivity contribution in [3.05, 3.63) is 53.6 Å². The fourth-order valence-corrected chi connectivity index (χ4v) is 6.11. The lowest BCUT2D eigenvalue weighted by molar-refractivity contribution is -0.126. The van der Waals surface area contributed by atoms with Gasteiger partial charge in [0.25, 0.3) is 5.91 Å². The zero-order chi connectivity index (χ0) is 27.3. The molecule has 0 bridgehead atoms. The van der Waals surface area contributed by atoms with E-state index in [4.69, 9.17) is 11.5 Å². The zero-order valence-electron chi connectivity index (χ0n) is 21.4. The van der Waals surface area contributed by atoms with Gasteiger partial charge >= 0.3 is 0 Å². The van der Waals surface area contributed by atoms with Gasteiger partial charge in [0, 0.05) is 49.7 Å².